The lowest BCUT2D eigenvalue weighted by Gasteiger charge is -2.10. The minimum Gasteiger partial charge on any atom is -0.381 e. The minimum absolute atomic E-state index is 0.0106. The number of nitrogens with zero attached hydrogens (tertiary/aromatic N) is 2. The highest BCUT2D eigenvalue weighted by molar-refractivity contribution is 7.92. The van der Waals surface area contributed by atoms with Gasteiger partial charge in [0.2, 0.25) is 0 Å². The van der Waals surface area contributed by atoms with E-state index in [0.29, 0.717) is 0 Å². The van der Waals surface area contributed by atoms with Gasteiger partial charge in [-0.1, -0.05) is 0 Å². The van der Waals surface area contributed by atoms with E-state index in [0.717, 1.165) is 24.3 Å². The molecule has 0 saturated heterocycles. The highest BCUT2D eigenvalue weighted by atomic mass is 32.2. The lowest BCUT2D eigenvalue weighted by atomic mass is 10.2. The molecule has 21 heavy (non-hydrogen) atoms. The third-order valence-electron chi connectivity index (χ3n) is 2.63. The van der Waals surface area contributed by atoms with Gasteiger partial charge in [0.25, 0.3) is 10.0 Å². The number of benzene rings is 1. The molecule has 0 fully saturated rings. The van der Waals surface area contributed by atoms with Crippen molar-refractivity contribution >= 4 is 21.5 Å². The number of rotatable bonds is 3. The lowest BCUT2D eigenvalue weighted by Crippen LogP contribution is -2.17. The molecule has 1 aromatic heterocycles. The molecule has 1 heterocycles. The van der Waals surface area contributed by atoms with E-state index in [9.17, 15) is 21.6 Å². The summed E-state index contributed by atoms with van der Waals surface area (Å²) in [6.07, 6.45) is -3.26. The Morgan fingerprint density at radius 3 is 2.24 bits per heavy atom. The van der Waals surface area contributed by atoms with E-state index < -0.39 is 21.8 Å². The fourth-order valence-electron chi connectivity index (χ4n) is 1.70. The number of nitrogens with one attached hydrogen (secondary N) is 1. The fraction of sp³-hybridized carbons (Fsp3) is 0.182. The first-order valence-corrected chi connectivity index (χ1v) is 7.06. The second-order valence-electron chi connectivity index (χ2n) is 4.23. The smallest absolute Gasteiger partial charge is 0.381 e. The van der Waals surface area contributed by atoms with Crippen molar-refractivity contribution in [3.8, 4) is 0 Å². The molecule has 0 amide bonds. The predicted octanol–water partition coefficient (Wildman–Crippen LogP) is 1.82. The van der Waals surface area contributed by atoms with Crippen LogP contribution in [0.2, 0.25) is 0 Å². The number of halogens is 3. The average molecular weight is 320 g/mol. The summed E-state index contributed by atoms with van der Waals surface area (Å²) in [5.74, 6) is -0.197. The van der Waals surface area contributed by atoms with Crippen molar-refractivity contribution in [3.05, 3.63) is 36.2 Å². The van der Waals surface area contributed by atoms with Crippen molar-refractivity contribution in [2.75, 3.05) is 10.5 Å². The van der Waals surface area contributed by atoms with Crippen molar-refractivity contribution in [2.24, 2.45) is 7.05 Å². The molecule has 6 nitrogen and oxygen atoms in total. The van der Waals surface area contributed by atoms with Crippen LogP contribution in [0.5, 0.6) is 0 Å². The number of nitrogen functional groups attached to an aromatic ring is 1. The summed E-state index contributed by atoms with van der Waals surface area (Å²) in [6, 6.07) is 3.61. The van der Waals surface area contributed by atoms with Crippen LogP contribution in [0.4, 0.5) is 24.7 Å². The zero-order valence-corrected chi connectivity index (χ0v) is 11.5. The molecule has 1 aromatic carbocycles. The Labute approximate surface area is 118 Å². The van der Waals surface area contributed by atoms with Gasteiger partial charge >= 0.3 is 6.18 Å². The predicted molar refractivity (Wildman–Crippen MR) is 69.9 cm³/mol. The van der Waals surface area contributed by atoms with Crippen molar-refractivity contribution < 1.29 is 21.6 Å². The van der Waals surface area contributed by atoms with Crippen LogP contribution >= 0.6 is 0 Å². The molecular weight excluding hydrogens is 309 g/mol. The molecule has 3 N–H and O–H groups in total. The first-order valence-electron chi connectivity index (χ1n) is 5.58. The number of nitrogens with two attached hydrogens (primary N) is 1. The van der Waals surface area contributed by atoms with E-state index in [2.05, 4.69) is 9.71 Å². The van der Waals surface area contributed by atoms with Crippen molar-refractivity contribution in [1.82, 2.24) is 9.55 Å². The van der Waals surface area contributed by atoms with Gasteiger partial charge in [-0.05, 0) is 24.3 Å². The number of anilines is 2. The van der Waals surface area contributed by atoms with Gasteiger partial charge in [0.05, 0.1) is 11.9 Å². The van der Waals surface area contributed by atoms with Crippen LogP contribution in [0.25, 0.3) is 0 Å². The Balaban J connectivity index is 2.30. The number of alkyl halides is 3. The molecule has 114 valence electrons. The van der Waals surface area contributed by atoms with Crippen LogP contribution < -0.4 is 10.5 Å². The van der Waals surface area contributed by atoms with E-state index in [1.165, 1.54) is 17.9 Å². The van der Waals surface area contributed by atoms with Gasteiger partial charge in [-0.2, -0.15) is 21.6 Å². The summed E-state index contributed by atoms with van der Waals surface area (Å²) in [6.45, 7) is 0. The van der Waals surface area contributed by atoms with E-state index >= 15 is 0 Å². The van der Waals surface area contributed by atoms with Crippen molar-refractivity contribution in [1.29, 1.82) is 0 Å². The number of aromatic nitrogens is 2. The molecule has 0 aliphatic heterocycles. The molecule has 2 aromatic rings. The second-order valence-corrected chi connectivity index (χ2v) is 5.82. The number of imidazole rings is 1. The zero-order chi connectivity index (χ0) is 15.8. The van der Waals surface area contributed by atoms with Crippen LogP contribution in [0.15, 0.2) is 35.6 Å². The molecule has 0 saturated carbocycles. The number of aryl methyl sites for hydroxylation is 1. The molecule has 10 heteroatoms. The maximum absolute atomic E-state index is 12.4. The monoisotopic (exact) mass is 320 g/mol. The maximum atomic E-state index is 12.4. The van der Waals surface area contributed by atoms with Gasteiger partial charge in [-0.15, -0.1) is 0 Å². The fourth-order valence-corrected chi connectivity index (χ4v) is 2.99. The highest BCUT2D eigenvalue weighted by Gasteiger charge is 2.30. The summed E-state index contributed by atoms with van der Waals surface area (Å²) in [5.41, 5.74) is 4.58. The third-order valence-corrected chi connectivity index (χ3v) is 4.14. The molecule has 0 aliphatic rings. The van der Waals surface area contributed by atoms with Crippen LogP contribution in [0, 0.1) is 0 Å². The van der Waals surface area contributed by atoms with Gasteiger partial charge < -0.3 is 10.3 Å². The average Bonchev–Trinajstić information content (AvgIpc) is 2.68. The first kappa shape index (κ1) is 15.2. The van der Waals surface area contributed by atoms with Gasteiger partial charge in [0.1, 0.15) is 0 Å². The Morgan fingerprint density at radius 2 is 1.81 bits per heavy atom. The van der Waals surface area contributed by atoms with Crippen molar-refractivity contribution in [2.45, 2.75) is 11.2 Å². The SMILES string of the molecule is Cn1cnc(N)c1S(=O)(=O)Nc1ccc(C(F)(F)F)cc1. The molecule has 2 rings (SSSR count). The van der Waals surface area contributed by atoms with Crippen LogP contribution in [0.1, 0.15) is 5.56 Å². The zero-order valence-electron chi connectivity index (χ0n) is 10.7. The largest absolute Gasteiger partial charge is 0.416 e. The van der Waals surface area contributed by atoms with Crippen LogP contribution in [-0.4, -0.2) is 18.0 Å². The molecule has 0 spiro atoms. The summed E-state index contributed by atoms with van der Waals surface area (Å²) in [5, 5.41) is -0.262. The summed E-state index contributed by atoms with van der Waals surface area (Å²) >= 11 is 0. The molecule has 0 atom stereocenters. The molecular formula is C11H11F3N4O2S. The Morgan fingerprint density at radius 1 is 1.24 bits per heavy atom. The van der Waals surface area contributed by atoms with E-state index in [1.807, 2.05) is 0 Å². The Hall–Kier alpha value is -2.23. The molecule has 0 bridgehead atoms. The maximum Gasteiger partial charge on any atom is 0.416 e. The second kappa shape index (κ2) is 4.95. The highest BCUT2D eigenvalue weighted by Crippen LogP contribution is 2.30. The third kappa shape index (κ3) is 3.10. The standard InChI is InChI=1S/C11H11F3N4O2S/c1-18-6-16-9(15)10(18)21(19,20)17-8-4-2-7(3-5-8)11(12,13)14/h2-6,17H,15H2,1H3. The number of hydrogen-bond donors (Lipinski definition) is 2. The van der Waals surface area contributed by atoms with Crippen molar-refractivity contribution in [3.63, 3.8) is 0 Å². The summed E-state index contributed by atoms with van der Waals surface area (Å²) in [7, 11) is -2.60. The summed E-state index contributed by atoms with van der Waals surface area (Å²) < 4.78 is 64.8. The van der Waals surface area contributed by atoms with Gasteiger partial charge in [0, 0.05) is 12.7 Å². The summed E-state index contributed by atoms with van der Waals surface area (Å²) in [4.78, 5) is 3.64. The lowest BCUT2D eigenvalue weighted by molar-refractivity contribution is -0.137. The molecule has 0 radical (unpaired) electrons. The number of hydrogen-bond acceptors (Lipinski definition) is 4. The van der Waals surface area contributed by atoms with Gasteiger partial charge in [-0.3, -0.25) is 4.72 Å². The minimum atomic E-state index is -4.48. The molecule has 0 unspecified atom stereocenters. The van der Waals surface area contributed by atoms with Crippen LogP contribution in [0.3, 0.4) is 0 Å². The van der Waals surface area contributed by atoms with E-state index in [4.69, 9.17) is 5.73 Å². The topological polar surface area (TPSA) is 90.0 Å². The number of sulfonamides is 1. The Bertz CT molecular complexity index is 731. The normalized spacial score (nSPS) is 12.4. The first-order chi connectivity index (χ1) is 9.61. The Kier molecular flexibility index (Phi) is 3.58. The molecule has 0 aliphatic carbocycles. The van der Waals surface area contributed by atoms with E-state index in [-0.39, 0.29) is 16.5 Å². The van der Waals surface area contributed by atoms with Gasteiger partial charge in [0.15, 0.2) is 10.8 Å². The van der Waals surface area contributed by atoms with Crippen LogP contribution in [-0.2, 0) is 23.2 Å². The van der Waals surface area contributed by atoms with E-state index in [1.54, 1.807) is 0 Å². The van der Waals surface area contributed by atoms with Gasteiger partial charge in [-0.25, -0.2) is 4.98 Å². The quantitative estimate of drug-likeness (QED) is 0.902.